The van der Waals surface area contributed by atoms with E-state index in [9.17, 15) is 30.3 Å². The van der Waals surface area contributed by atoms with E-state index in [2.05, 4.69) is 0 Å². The fraction of sp³-hybridized carbons (Fsp3) is 0.909. The molecule has 0 aromatic rings. The number of hydrogen-bond donors (Lipinski definition) is 7. The number of aliphatic hydroxyl groups is 7. The second-order valence-electron chi connectivity index (χ2n) is 4.82. The fourth-order valence-corrected chi connectivity index (χ4v) is 1.94. The number of Topliss-reactive ketones (excluding diaryl/α,β-unsaturated/α-hetero) is 1. The van der Waals surface area contributed by atoms with Crippen molar-refractivity contribution in [2.45, 2.75) is 55.8 Å². The Kier molecular flexibility index (Phi) is 5.98. The van der Waals surface area contributed by atoms with Gasteiger partial charge in [0, 0.05) is 0 Å². The molecule has 8 atom stereocenters. The molecular weight excluding hydrogens is 276 g/mol. The molecule has 1 rings (SSSR count). The molecule has 1 unspecified atom stereocenters. The van der Waals surface area contributed by atoms with Gasteiger partial charge in [-0.05, 0) is 6.92 Å². The number of carbonyl (C=O) groups excluding carboxylic acids is 1. The van der Waals surface area contributed by atoms with Gasteiger partial charge in [-0.15, -0.1) is 0 Å². The van der Waals surface area contributed by atoms with Crippen LogP contribution in [-0.2, 0) is 9.53 Å². The van der Waals surface area contributed by atoms with Crippen LogP contribution in [0.5, 0.6) is 0 Å². The van der Waals surface area contributed by atoms with Gasteiger partial charge in [-0.1, -0.05) is 0 Å². The Balaban J connectivity index is 2.80. The van der Waals surface area contributed by atoms with Crippen LogP contribution in [0.4, 0.5) is 0 Å². The van der Waals surface area contributed by atoms with Crippen molar-refractivity contribution in [3.8, 4) is 0 Å². The summed E-state index contributed by atoms with van der Waals surface area (Å²) in [7, 11) is 0. The highest BCUT2D eigenvalue weighted by Crippen LogP contribution is 2.23. The van der Waals surface area contributed by atoms with Crippen molar-refractivity contribution in [2.75, 3.05) is 6.61 Å². The third kappa shape index (κ3) is 3.32. The zero-order valence-corrected chi connectivity index (χ0v) is 10.8. The van der Waals surface area contributed by atoms with Crippen LogP contribution in [0.25, 0.3) is 0 Å². The maximum Gasteiger partial charge on any atom is 0.195 e. The Morgan fingerprint density at radius 2 is 1.65 bits per heavy atom. The van der Waals surface area contributed by atoms with E-state index in [1.807, 2.05) is 0 Å². The van der Waals surface area contributed by atoms with E-state index in [-0.39, 0.29) is 0 Å². The lowest BCUT2D eigenvalue weighted by molar-refractivity contribution is -0.221. The van der Waals surface area contributed by atoms with Gasteiger partial charge in [0.15, 0.2) is 5.78 Å². The van der Waals surface area contributed by atoms with E-state index in [1.165, 1.54) is 6.92 Å². The minimum atomic E-state index is -2.12. The molecule has 0 amide bonds. The van der Waals surface area contributed by atoms with Crippen LogP contribution in [0, 0.1) is 0 Å². The van der Waals surface area contributed by atoms with Gasteiger partial charge in [-0.25, -0.2) is 0 Å². The molecule has 0 saturated carbocycles. The number of ketones is 1. The van der Waals surface area contributed by atoms with Crippen LogP contribution in [0.1, 0.15) is 6.92 Å². The number of hydrogen-bond acceptors (Lipinski definition) is 9. The molecule has 118 valence electrons. The zero-order chi connectivity index (χ0) is 15.6. The van der Waals surface area contributed by atoms with Gasteiger partial charge in [0.2, 0.25) is 0 Å². The smallest absolute Gasteiger partial charge is 0.195 e. The lowest BCUT2D eigenvalue weighted by atomic mass is 9.90. The Hall–Kier alpha value is -0.650. The second-order valence-corrected chi connectivity index (χ2v) is 4.82. The van der Waals surface area contributed by atoms with Crippen LogP contribution < -0.4 is 0 Å². The number of carbonyl (C=O) groups is 1. The largest absolute Gasteiger partial charge is 0.394 e. The van der Waals surface area contributed by atoms with Gasteiger partial charge in [0.1, 0.15) is 42.7 Å². The topological polar surface area (TPSA) is 168 Å². The summed E-state index contributed by atoms with van der Waals surface area (Å²) in [4.78, 5) is 11.9. The molecule has 0 aromatic heterocycles. The van der Waals surface area contributed by atoms with Crippen LogP contribution in [0.3, 0.4) is 0 Å². The third-order valence-corrected chi connectivity index (χ3v) is 3.33. The molecule has 1 aliphatic heterocycles. The summed E-state index contributed by atoms with van der Waals surface area (Å²) in [5, 5.41) is 65.5. The highest BCUT2D eigenvalue weighted by molar-refractivity contribution is 5.88. The minimum Gasteiger partial charge on any atom is -0.394 e. The number of rotatable bonds is 5. The Bertz CT molecular complexity index is 336. The summed E-state index contributed by atoms with van der Waals surface area (Å²) < 4.78 is 5.00. The molecule has 0 radical (unpaired) electrons. The van der Waals surface area contributed by atoms with Crippen molar-refractivity contribution in [1.29, 1.82) is 0 Å². The van der Waals surface area contributed by atoms with E-state index >= 15 is 0 Å². The van der Waals surface area contributed by atoms with Crippen molar-refractivity contribution in [1.82, 2.24) is 0 Å². The Labute approximate surface area is 114 Å². The monoisotopic (exact) mass is 296 g/mol. The number of aliphatic hydroxyl groups excluding tert-OH is 7. The molecule has 9 nitrogen and oxygen atoms in total. The molecule has 1 aliphatic rings. The molecule has 0 aromatic carbocycles. The molecule has 0 bridgehead atoms. The highest BCUT2D eigenvalue weighted by Gasteiger charge is 2.47. The standard InChI is InChI=1S/C11H20O9/c1-3-5(14)7(16)9(18)11(20-3)10(19)8(17)6(15)4(13)2-12/h3-9,11-18H,2H2,1H3/t3-,4+,5-,6+,7+,8-,9+,11?/m0/s1. The predicted octanol–water partition coefficient (Wildman–Crippen LogP) is -4.50. The first-order valence-corrected chi connectivity index (χ1v) is 6.10. The highest BCUT2D eigenvalue weighted by atomic mass is 16.5. The first kappa shape index (κ1) is 17.4. The summed E-state index contributed by atoms with van der Waals surface area (Å²) in [5.74, 6) is -1.17. The summed E-state index contributed by atoms with van der Waals surface area (Å²) in [6.07, 6.45) is -13.3. The van der Waals surface area contributed by atoms with Crippen LogP contribution in [0.2, 0.25) is 0 Å². The van der Waals surface area contributed by atoms with E-state index in [0.717, 1.165) is 0 Å². The molecule has 9 heteroatoms. The average Bonchev–Trinajstić information content (AvgIpc) is 2.45. The van der Waals surface area contributed by atoms with Crippen molar-refractivity contribution in [3.63, 3.8) is 0 Å². The number of ether oxygens (including phenoxy) is 1. The first-order valence-electron chi connectivity index (χ1n) is 6.10. The molecule has 20 heavy (non-hydrogen) atoms. The summed E-state index contributed by atoms with van der Waals surface area (Å²) in [5.41, 5.74) is 0. The Morgan fingerprint density at radius 3 is 2.15 bits per heavy atom. The van der Waals surface area contributed by atoms with Gasteiger partial charge < -0.3 is 40.5 Å². The molecule has 7 N–H and O–H groups in total. The van der Waals surface area contributed by atoms with Gasteiger partial charge in [0.25, 0.3) is 0 Å². The van der Waals surface area contributed by atoms with Gasteiger partial charge in [0.05, 0.1) is 12.7 Å². The summed E-state index contributed by atoms with van der Waals surface area (Å²) in [6.45, 7) is 0.475. The van der Waals surface area contributed by atoms with Crippen molar-refractivity contribution in [3.05, 3.63) is 0 Å². The SMILES string of the molecule is C[C@@H]1OC(C(=O)[C@@H](O)[C@H](O)[C@H](O)CO)[C@H](O)[C@H](O)[C@H]1O. The predicted molar refractivity (Wildman–Crippen MR) is 62.5 cm³/mol. The van der Waals surface area contributed by atoms with E-state index in [0.29, 0.717) is 0 Å². The van der Waals surface area contributed by atoms with Crippen LogP contribution >= 0.6 is 0 Å². The lowest BCUT2D eigenvalue weighted by Crippen LogP contribution is -2.61. The van der Waals surface area contributed by atoms with Gasteiger partial charge in [-0.3, -0.25) is 4.79 Å². The van der Waals surface area contributed by atoms with Gasteiger partial charge >= 0.3 is 0 Å². The van der Waals surface area contributed by atoms with Crippen molar-refractivity contribution < 1.29 is 45.3 Å². The molecular formula is C11H20O9. The lowest BCUT2D eigenvalue weighted by Gasteiger charge is -2.39. The van der Waals surface area contributed by atoms with Gasteiger partial charge in [-0.2, -0.15) is 0 Å². The molecule has 0 spiro atoms. The molecule has 1 heterocycles. The fourth-order valence-electron chi connectivity index (χ4n) is 1.94. The Morgan fingerprint density at radius 1 is 1.10 bits per heavy atom. The quantitative estimate of drug-likeness (QED) is 0.264. The van der Waals surface area contributed by atoms with Crippen molar-refractivity contribution >= 4 is 5.78 Å². The van der Waals surface area contributed by atoms with E-state index in [1.54, 1.807) is 0 Å². The third-order valence-electron chi connectivity index (χ3n) is 3.33. The zero-order valence-electron chi connectivity index (χ0n) is 10.8. The van der Waals surface area contributed by atoms with E-state index in [4.69, 9.17) is 14.9 Å². The average molecular weight is 296 g/mol. The molecule has 0 aliphatic carbocycles. The normalized spacial score (nSPS) is 39.1. The maximum atomic E-state index is 11.9. The van der Waals surface area contributed by atoms with Crippen molar-refractivity contribution in [2.24, 2.45) is 0 Å². The minimum absolute atomic E-state index is 0.878. The maximum absolute atomic E-state index is 11.9. The summed E-state index contributed by atoms with van der Waals surface area (Å²) in [6, 6.07) is 0. The second kappa shape index (κ2) is 6.87. The van der Waals surface area contributed by atoms with E-state index < -0.39 is 61.2 Å². The summed E-state index contributed by atoms with van der Waals surface area (Å²) >= 11 is 0. The van der Waals surface area contributed by atoms with Crippen LogP contribution in [0.15, 0.2) is 0 Å². The molecule has 1 fully saturated rings. The van der Waals surface area contributed by atoms with Crippen LogP contribution in [-0.4, -0.2) is 97.0 Å². The first-order chi connectivity index (χ1) is 9.22. The molecule has 1 saturated heterocycles.